The van der Waals surface area contributed by atoms with Gasteiger partial charge in [0.25, 0.3) is 0 Å². The predicted molar refractivity (Wildman–Crippen MR) is 161 cm³/mol. The molecule has 6 aromatic carbocycles. The molecule has 0 N–H and O–H groups in total. The van der Waals surface area contributed by atoms with Gasteiger partial charge >= 0.3 is 0 Å². The van der Waals surface area contributed by atoms with E-state index in [0.717, 1.165) is 0 Å². The SMILES string of the molecule is c1cc(-c2ccc3c4cnccc4c4ccccc4c3c2)cc(-c2cccc3c2sc2ccccc23)c1. The molecule has 8 rings (SSSR count). The number of benzene rings is 6. The van der Waals surface area contributed by atoms with Crippen LogP contribution >= 0.6 is 11.3 Å². The summed E-state index contributed by atoms with van der Waals surface area (Å²) in [7, 11) is 0. The molecule has 0 spiro atoms. The first kappa shape index (κ1) is 20.6. The highest BCUT2D eigenvalue weighted by Gasteiger charge is 2.12. The average Bonchev–Trinajstić information content (AvgIpc) is 3.36. The fraction of sp³-hybridized carbons (Fsp3) is 0. The van der Waals surface area contributed by atoms with Gasteiger partial charge in [-0.15, -0.1) is 11.3 Å². The van der Waals surface area contributed by atoms with Crippen LogP contribution in [0.4, 0.5) is 0 Å². The standard InChI is InChI=1S/C35H21NS/c1-2-10-27-26(9-1)29-17-18-36-21-33(29)28-16-15-23(20-32(27)28)22-7-5-8-24(19-22)25-12-6-13-31-30-11-3-4-14-34(30)37-35(25)31/h1-21H. The maximum absolute atomic E-state index is 4.44. The summed E-state index contributed by atoms with van der Waals surface area (Å²) < 4.78 is 2.69. The van der Waals surface area contributed by atoms with Gasteiger partial charge in [0, 0.05) is 38.0 Å². The minimum absolute atomic E-state index is 1.20. The molecule has 0 aliphatic carbocycles. The van der Waals surface area contributed by atoms with Crippen LogP contribution in [0.2, 0.25) is 0 Å². The highest BCUT2D eigenvalue weighted by molar-refractivity contribution is 7.26. The minimum atomic E-state index is 1.20. The van der Waals surface area contributed by atoms with Crippen molar-refractivity contribution in [2.75, 3.05) is 0 Å². The van der Waals surface area contributed by atoms with Gasteiger partial charge in [-0.05, 0) is 73.5 Å². The van der Waals surface area contributed by atoms with Gasteiger partial charge in [0.05, 0.1) is 0 Å². The van der Waals surface area contributed by atoms with E-state index in [1.54, 1.807) is 0 Å². The molecule has 2 heterocycles. The number of nitrogens with zero attached hydrogens (tertiary/aromatic N) is 1. The lowest BCUT2D eigenvalue weighted by Crippen LogP contribution is -1.86. The molecule has 172 valence electrons. The summed E-state index contributed by atoms with van der Waals surface area (Å²) in [6.07, 6.45) is 3.88. The fourth-order valence-electron chi connectivity index (χ4n) is 5.82. The van der Waals surface area contributed by atoms with Crippen LogP contribution in [0.15, 0.2) is 128 Å². The summed E-state index contributed by atoms with van der Waals surface area (Å²) in [5, 5.41) is 10.2. The van der Waals surface area contributed by atoms with Crippen molar-refractivity contribution in [2.45, 2.75) is 0 Å². The Morgan fingerprint density at radius 1 is 0.432 bits per heavy atom. The van der Waals surface area contributed by atoms with E-state index >= 15 is 0 Å². The summed E-state index contributed by atoms with van der Waals surface area (Å²) in [5.41, 5.74) is 5.00. The van der Waals surface area contributed by atoms with Crippen molar-refractivity contribution < 1.29 is 0 Å². The van der Waals surface area contributed by atoms with Crippen LogP contribution in [-0.4, -0.2) is 4.98 Å². The lowest BCUT2D eigenvalue weighted by molar-refractivity contribution is 1.37. The molecular formula is C35H21NS. The lowest BCUT2D eigenvalue weighted by atomic mass is 9.92. The maximum atomic E-state index is 4.44. The molecule has 0 aliphatic rings. The molecule has 2 aromatic heterocycles. The van der Waals surface area contributed by atoms with Crippen LogP contribution in [-0.2, 0) is 0 Å². The van der Waals surface area contributed by atoms with Gasteiger partial charge in [-0.2, -0.15) is 0 Å². The predicted octanol–water partition coefficient (Wildman–Crippen LogP) is 10.2. The number of hydrogen-bond donors (Lipinski definition) is 0. The van der Waals surface area contributed by atoms with Crippen molar-refractivity contribution in [3.8, 4) is 22.3 Å². The monoisotopic (exact) mass is 487 g/mol. The van der Waals surface area contributed by atoms with Crippen LogP contribution in [0, 0.1) is 0 Å². The number of rotatable bonds is 2. The summed E-state index contributed by atoms with van der Waals surface area (Å²) in [5.74, 6) is 0. The van der Waals surface area contributed by atoms with E-state index in [1.807, 2.05) is 23.7 Å². The zero-order chi connectivity index (χ0) is 24.3. The van der Waals surface area contributed by atoms with Crippen molar-refractivity contribution in [2.24, 2.45) is 0 Å². The largest absolute Gasteiger partial charge is 0.264 e. The van der Waals surface area contributed by atoms with Crippen molar-refractivity contribution in [3.63, 3.8) is 0 Å². The number of aromatic nitrogens is 1. The highest BCUT2D eigenvalue weighted by Crippen LogP contribution is 2.41. The Labute approximate surface area is 218 Å². The summed E-state index contributed by atoms with van der Waals surface area (Å²) >= 11 is 1.88. The lowest BCUT2D eigenvalue weighted by Gasteiger charge is -2.12. The molecule has 0 saturated heterocycles. The minimum Gasteiger partial charge on any atom is -0.264 e. The summed E-state index contributed by atoms with van der Waals surface area (Å²) in [4.78, 5) is 4.44. The molecule has 8 aromatic rings. The van der Waals surface area contributed by atoms with Gasteiger partial charge in [-0.3, -0.25) is 4.98 Å². The van der Waals surface area contributed by atoms with E-state index in [9.17, 15) is 0 Å². The number of fused-ring (bicyclic) bond motifs is 9. The van der Waals surface area contributed by atoms with E-state index in [1.165, 1.54) is 74.7 Å². The smallest absolute Gasteiger partial charge is 0.0433 e. The van der Waals surface area contributed by atoms with Crippen molar-refractivity contribution in [1.82, 2.24) is 4.98 Å². The van der Waals surface area contributed by atoms with Gasteiger partial charge in [-0.25, -0.2) is 0 Å². The Kier molecular flexibility index (Phi) is 4.46. The zero-order valence-electron chi connectivity index (χ0n) is 20.0. The molecule has 2 heteroatoms. The van der Waals surface area contributed by atoms with Crippen molar-refractivity contribution >= 4 is 63.8 Å². The van der Waals surface area contributed by atoms with E-state index in [4.69, 9.17) is 0 Å². The van der Waals surface area contributed by atoms with Crippen molar-refractivity contribution in [3.05, 3.63) is 128 Å². The van der Waals surface area contributed by atoms with Crippen LogP contribution in [0.25, 0.3) is 74.7 Å². The molecule has 0 fully saturated rings. The molecule has 37 heavy (non-hydrogen) atoms. The van der Waals surface area contributed by atoms with Crippen LogP contribution in [0.5, 0.6) is 0 Å². The quantitative estimate of drug-likeness (QED) is 0.221. The number of hydrogen-bond acceptors (Lipinski definition) is 2. The van der Waals surface area contributed by atoms with Gasteiger partial charge in [0.15, 0.2) is 0 Å². The first-order valence-electron chi connectivity index (χ1n) is 12.5. The third-order valence-electron chi connectivity index (χ3n) is 7.55. The third-order valence-corrected chi connectivity index (χ3v) is 8.77. The van der Waals surface area contributed by atoms with E-state index < -0.39 is 0 Å². The zero-order valence-corrected chi connectivity index (χ0v) is 20.8. The molecule has 0 aliphatic heterocycles. The first-order valence-corrected chi connectivity index (χ1v) is 13.4. The molecule has 0 bridgehead atoms. The number of pyridine rings is 1. The molecule has 0 amide bonds. The highest BCUT2D eigenvalue weighted by atomic mass is 32.1. The molecule has 0 atom stereocenters. The Balaban J connectivity index is 1.34. The first-order chi connectivity index (χ1) is 18.3. The maximum Gasteiger partial charge on any atom is 0.0433 e. The second-order valence-corrected chi connectivity index (χ2v) is 10.6. The second-order valence-electron chi connectivity index (χ2n) is 9.59. The Morgan fingerprint density at radius 2 is 1.11 bits per heavy atom. The molecule has 0 saturated carbocycles. The molecule has 1 nitrogen and oxygen atoms in total. The van der Waals surface area contributed by atoms with Gasteiger partial charge < -0.3 is 0 Å². The fourth-order valence-corrected chi connectivity index (χ4v) is 7.06. The normalized spacial score (nSPS) is 11.8. The average molecular weight is 488 g/mol. The topological polar surface area (TPSA) is 12.9 Å². The van der Waals surface area contributed by atoms with Crippen LogP contribution < -0.4 is 0 Å². The number of thiophene rings is 1. The Bertz CT molecular complexity index is 2120. The van der Waals surface area contributed by atoms with Crippen molar-refractivity contribution in [1.29, 1.82) is 0 Å². The molecule has 0 radical (unpaired) electrons. The Hall–Kier alpha value is -4.53. The Morgan fingerprint density at radius 3 is 2.03 bits per heavy atom. The summed E-state index contributed by atoms with van der Waals surface area (Å²) in [6.45, 7) is 0. The molecular weight excluding hydrogens is 466 g/mol. The van der Waals surface area contributed by atoms with Gasteiger partial charge in [-0.1, -0.05) is 91.0 Å². The van der Waals surface area contributed by atoms with E-state index in [2.05, 4.69) is 120 Å². The second kappa shape index (κ2) is 7.99. The van der Waals surface area contributed by atoms with Crippen LogP contribution in [0.1, 0.15) is 0 Å². The van der Waals surface area contributed by atoms with Crippen LogP contribution in [0.3, 0.4) is 0 Å². The van der Waals surface area contributed by atoms with E-state index in [0.29, 0.717) is 0 Å². The van der Waals surface area contributed by atoms with Gasteiger partial charge in [0.2, 0.25) is 0 Å². The summed E-state index contributed by atoms with van der Waals surface area (Å²) in [6, 6.07) is 42.1. The molecule has 0 unspecified atom stereocenters. The van der Waals surface area contributed by atoms with E-state index in [-0.39, 0.29) is 0 Å². The third kappa shape index (κ3) is 3.13. The van der Waals surface area contributed by atoms with Gasteiger partial charge in [0.1, 0.15) is 0 Å².